The van der Waals surface area contributed by atoms with Crippen LogP contribution in [0.25, 0.3) is 0 Å². The van der Waals surface area contributed by atoms with Crippen molar-refractivity contribution < 1.29 is 45.3 Å². The second-order valence-electron chi connectivity index (χ2n) is 10.5. The van der Waals surface area contributed by atoms with E-state index in [-0.39, 0.29) is 41.4 Å². The number of esters is 2. The van der Waals surface area contributed by atoms with E-state index >= 15 is 0 Å². The number of piperidine rings is 3. The number of fused-ring (bicyclic) bond motifs is 3. The Kier molecular flexibility index (Phi) is 9.76. The quantitative estimate of drug-likeness (QED) is 0.216. The van der Waals surface area contributed by atoms with Crippen molar-refractivity contribution in [3.05, 3.63) is 102 Å². The van der Waals surface area contributed by atoms with E-state index in [4.69, 9.17) is 9.47 Å². The second kappa shape index (κ2) is 13.2. The Balaban J connectivity index is 0.00000370. The maximum Gasteiger partial charge on any atom is 0.338 e. The van der Waals surface area contributed by atoms with Crippen LogP contribution in [0.2, 0.25) is 0 Å². The Hall–Kier alpha value is -3.49. The predicted molar refractivity (Wildman–Crippen MR) is 148 cm³/mol. The normalized spacial score (nSPS) is 21.9. The summed E-state index contributed by atoms with van der Waals surface area (Å²) in [5, 5.41) is 3.29. The van der Waals surface area contributed by atoms with Crippen LogP contribution in [0.1, 0.15) is 52.1 Å². The number of benzene rings is 3. The predicted octanol–water partition coefficient (Wildman–Crippen LogP) is 2.06. The molecule has 0 radical (unpaired) electrons. The van der Waals surface area contributed by atoms with Crippen LogP contribution in [-0.4, -0.2) is 61.1 Å². The number of rotatable bonds is 10. The van der Waals surface area contributed by atoms with E-state index in [0.717, 1.165) is 37.1 Å². The third-order valence-electron chi connectivity index (χ3n) is 7.94. The van der Waals surface area contributed by atoms with Gasteiger partial charge in [-0.15, -0.1) is 0 Å². The molecule has 40 heavy (non-hydrogen) atoms. The molecule has 3 saturated heterocycles. The summed E-state index contributed by atoms with van der Waals surface area (Å²) in [4.78, 5) is 39.0. The highest BCUT2D eigenvalue weighted by molar-refractivity contribution is 5.97. The van der Waals surface area contributed by atoms with E-state index in [2.05, 4.69) is 5.32 Å². The van der Waals surface area contributed by atoms with Gasteiger partial charge in [-0.05, 0) is 30.7 Å². The van der Waals surface area contributed by atoms with Gasteiger partial charge in [0.05, 0.1) is 25.3 Å². The molecule has 0 saturated carbocycles. The lowest BCUT2D eigenvalue weighted by Crippen LogP contribution is -3.00. The van der Waals surface area contributed by atoms with Gasteiger partial charge in [-0.25, -0.2) is 9.59 Å². The molecule has 1 unspecified atom stereocenters. The number of nitrogens with one attached hydrogen (secondary N) is 1. The van der Waals surface area contributed by atoms with E-state index in [1.54, 1.807) is 25.1 Å². The molecule has 3 aromatic rings. The van der Waals surface area contributed by atoms with Crippen LogP contribution in [0.3, 0.4) is 0 Å². The van der Waals surface area contributed by atoms with Gasteiger partial charge in [0, 0.05) is 30.0 Å². The lowest BCUT2D eigenvalue weighted by molar-refractivity contribution is -0.938. The van der Waals surface area contributed by atoms with Crippen LogP contribution in [-0.2, 0) is 14.3 Å². The van der Waals surface area contributed by atoms with Gasteiger partial charge in [0.25, 0.3) is 0 Å². The topological polar surface area (TPSA) is 81.7 Å². The molecule has 3 fully saturated rings. The molecule has 6 rings (SSSR count). The largest absolute Gasteiger partial charge is 1.00 e. The number of nitrogens with zero attached hydrogens (tertiary/aromatic N) is 1. The molecule has 0 aliphatic carbocycles. The molecule has 2 bridgehead atoms. The lowest BCUT2D eigenvalue weighted by atomic mass is 9.82. The SMILES string of the molecule is CCOC(=O)c1cccc(NC(C(=O)O[C@H]2C[N+]3(CC(=O)c4ccccc4)CCC2CC3)c2ccccc2)c1.[Br-]. The maximum atomic E-state index is 13.7. The molecule has 2 atom stereocenters. The Bertz CT molecular complexity index is 1310. The van der Waals surface area contributed by atoms with Gasteiger partial charge < -0.3 is 36.3 Å². The van der Waals surface area contributed by atoms with Crippen molar-refractivity contribution in [3.8, 4) is 0 Å². The highest BCUT2D eigenvalue weighted by Crippen LogP contribution is 2.37. The average Bonchev–Trinajstić information content (AvgIpc) is 2.97. The van der Waals surface area contributed by atoms with Gasteiger partial charge in [0.2, 0.25) is 5.78 Å². The zero-order chi connectivity index (χ0) is 27.2. The lowest BCUT2D eigenvalue weighted by Gasteiger charge is -2.51. The first-order chi connectivity index (χ1) is 19.0. The van der Waals surface area contributed by atoms with Gasteiger partial charge >= 0.3 is 11.9 Å². The molecular weight excluding hydrogens is 572 g/mol. The van der Waals surface area contributed by atoms with Crippen LogP contribution >= 0.6 is 0 Å². The summed E-state index contributed by atoms with van der Waals surface area (Å²) >= 11 is 0. The summed E-state index contributed by atoms with van der Waals surface area (Å²) in [6.07, 6.45) is 1.62. The number of halogens is 1. The number of ketones is 1. The van der Waals surface area contributed by atoms with E-state index in [1.807, 2.05) is 66.7 Å². The van der Waals surface area contributed by atoms with E-state index in [9.17, 15) is 14.4 Å². The number of anilines is 1. The molecule has 3 heterocycles. The van der Waals surface area contributed by atoms with Gasteiger partial charge in [0.1, 0.15) is 13.1 Å². The zero-order valence-corrected chi connectivity index (χ0v) is 24.2. The molecule has 0 spiro atoms. The molecule has 0 aromatic heterocycles. The van der Waals surface area contributed by atoms with Crippen molar-refractivity contribution in [1.29, 1.82) is 0 Å². The molecule has 1 N–H and O–H groups in total. The van der Waals surface area contributed by atoms with Gasteiger partial charge in [-0.3, -0.25) is 4.79 Å². The fourth-order valence-electron chi connectivity index (χ4n) is 5.85. The Morgan fingerprint density at radius 1 is 0.900 bits per heavy atom. The first-order valence-corrected chi connectivity index (χ1v) is 13.7. The second-order valence-corrected chi connectivity index (χ2v) is 10.5. The zero-order valence-electron chi connectivity index (χ0n) is 22.6. The minimum absolute atomic E-state index is 0. The number of carbonyl (C=O) groups excluding carboxylic acids is 3. The summed E-state index contributed by atoms with van der Waals surface area (Å²) < 4.78 is 12.0. The first kappa shape index (κ1) is 29.5. The smallest absolute Gasteiger partial charge is 0.338 e. The fourth-order valence-corrected chi connectivity index (χ4v) is 5.85. The van der Waals surface area contributed by atoms with E-state index in [1.165, 1.54) is 0 Å². The van der Waals surface area contributed by atoms with Crippen LogP contribution in [0, 0.1) is 5.92 Å². The summed E-state index contributed by atoms with van der Waals surface area (Å²) in [6, 6.07) is 25.1. The number of ether oxygens (including phenoxy) is 2. The summed E-state index contributed by atoms with van der Waals surface area (Å²) in [5.41, 5.74) is 2.53. The van der Waals surface area contributed by atoms with Crippen molar-refractivity contribution in [2.75, 3.05) is 38.1 Å². The summed E-state index contributed by atoms with van der Waals surface area (Å²) in [5.74, 6) is -0.351. The third kappa shape index (κ3) is 6.80. The van der Waals surface area contributed by atoms with Gasteiger partial charge in [-0.2, -0.15) is 0 Å². The molecule has 3 aromatic carbocycles. The summed E-state index contributed by atoms with van der Waals surface area (Å²) in [6.45, 7) is 4.98. The fraction of sp³-hybridized carbons (Fsp3) is 0.344. The van der Waals surface area contributed by atoms with Crippen molar-refractivity contribution in [2.24, 2.45) is 5.92 Å². The molecule has 3 aliphatic heterocycles. The number of quaternary nitrogens is 1. The average molecular weight is 608 g/mol. The molecule has 7 nitrogen and oxygen atoms in total. The van der Waals surface area contributed by atoms with Crippen molar-refractivity contribution >= 4 is 23.4 Å². The molecule has 8 heteroatoms. The number of hydrogen-bond acceptors (Lipinski definition) is 6. The van der Waals surface area contributed by atoms with Gasteiger partial charge in [-0.1, -0.05) is 66.7 Å². The summed E-state index contributed by atoms with van der Waals surface area (Å²) in [7, 11) is 0. The minimum atomic E-state index is -0.751. The highest BCUT2D eigenvalue weighted by Gasteiger charge is 2.49. The number of hydrogen-bond donors (Lipinski definition) is 1. The van der Waals surface area contributed by atoms with Gasteiger partial charge in [0.15, 0.2) is 12.1 Å². The van der Waals surface area contributed by atoms with Crippen LogP contribution in [0.4, 0.5) is 5.69 Å². The monoisotopic (exact) mass is 606 g/mol. The minimum Gasteiger partial charge on any atom is -1.00 e. The van der Waals surface area contributed by atoms with Crippen LogP contribution < -0.4 is 22.3 Å². The van der Waals surface area contributed by atoms with Crippen LogP contribution in [0.15, 0.2) is 84.9 Å². The van der Waals surface area contributed by atoms with E-state index < -0.39 is 12.0 Å². The number of carbonyl (C=O) groups is 3. The maximum absolute atomic E-state index is 13.7. The molecule has 210 valence electrons. The van der Waals surface area contributed by atoms with E-state index in [0.29, 0.717) is 34.7 Å². The Morgan fingerprint density at radius 3 is 2.23 bits per heavy atom. The standard InChI is InChI=1S/C32H35N2O5.BrH/c1-2-38-31(36)26-14-9-15-27(20-26)33-30(25-12-7-4-8-13-25)32(37)39-29-22-34(18-16-24(29)17-19-34)21-28(35)23-10-5-3-6-11-23;/h3-15,20,24,29-30,33H,2,16-19,21-22H2,1H3;1H/q+1;/p-1/t24?,29-,30?,34?;/m0./s1. The first-order valence-electron chi connectivity index (χ1n) is 13.7. The highest BCUT2D eigenvalue weighted by atomic mass is 79.9. The van der Waals surface area contributed by atoms with Crippen molar-refractivity contribution in [1.82, 2.24) is 0 Å². The Morgan fingerprint density at radius 2 is 1.55 bits per heavy atom. The van der Waals surface area contributed by atoms with Crippen LogP contribution in [0.5, 0.6) is 0 Å². The molecule has 3 aliphatic rings. The third-order valence-corrected chi connectivity index (χ3v) is 7.94. The van der Waals surface area contributed by atoms with Crippen molar-refractivity contribution in [2.45, 2.75) is 31.9 Å². The number of Topliss-reactive ketones (excluding diaryl/α,β-unsaturated/α-hetero) is 1. The molecular formula is C32H35BrN2O5. The van der Waals surface area contributed by atoms with Crippen molar-refractivity contribution in [3.63, 3.8) is 0 Å². The molecule has 0 amide bonds. The Labute approximate surface area is 245 Å².